The van der Waals surface area contributed by atoms with Crippen LogP contribution in [0.4, 0.5) is 0 Å². The van der Waals surface area contributed by atoms with Crippen molar-refractivity contribution >= 4 is 17.1 Å². The van der Waals surface area contributed by atoms with E-state index in [-0.39, 0.29) is 12.6 Å². The second-order valence-corrected chi connectivity index (χ2v) is 2.88. The van der Waals surface area contributed by atoms with Crippen LogP contribution in [0.2, 0.25) is 0 Å². The summed E-state index contributed by atoms with van der Waals surface area (Å²) >= 11 is 0. The van der Waals surface area contributed by atoms with E-state index in [0.717, 1.165) is 5.52 Å². The third kappa shape index (κ3) is 1.74. The third-order valence-electron chi connectivity index (χ3n) is 1.76. The molecule has 4 heteroatoms. The molecule has 0 aliphatic carbocycles. The fourth-order valence-corrected chi connectivity index (χ4v) is 1.16. The predicted octanol–water partition coefficient (Wildman–Crippen LogP) is 1.89. The average Bonchev–Trinajstić information content (AvgIpc) is 2.57. The summed E-state index contributed by atoms with van der Waals surface area (Å²) in [5, 5.41) is 0. The molecule has 2 aromatic rings. The lowest BCUT2D eigenvalue weighted by Gasteiger charge is -1.95. The van der Waals surface area contributed by atoms with Crippen LogP contribution in [0.3, 0.4) is 0 Å². The smallest absolute Gasteiger partial charge is 0.303 e. The van der Waals surface area contributed by atoms with Gasteiger partial charge in [-0.25, -0.2) is 0 Å². The van der Waals surface area contributed by atoms with Crippen molar-refractivity contribution in [1.29, 1.82) is 0 Å². The number of hydrogen-bond acceptors (Lipinski definition) is 4. The quantitative estimate of drug-likeness (QED) is 0.680. The van der Waals surface area contributed by atoms with E-state index < -0.39 is 0 Å². The Balaban J connectivity index is 2.22. The Labute approximate surface area is 80.5 Å². The molecule has 0 fully saturated rings. The molecule has 0 aliphatic heterocycles. The Kier molecular flexibility index (Phi) is 2.18. The lowest BCUT2D eigenvalue weighted by molar-refractivity contribution is -0.142. The van der Waals surface area contributed by atoms with Gasteiger partial charge in [0.25, 0.3) is 0 Å². The number of pyridine rings is 1. The highest BCUT2D eigenvalue weighted by Crippen LogP contribution is 2.16. The number of aromatic nitrogens is 1. The molecular weight excluding hydrogens is 182 g/mol. The monoisotopic (exact) mass is 191 g/mol. The molecule has 0 aromatic carbocycles. The van der Waals surface area contributed by atoms with Crippen molar-refractivity contribution < 1.29 is 13.9 Å². The predicted molar refractivity (Wildman–Crippen MR) is 49.5 cm³/mol. The largest absolute Gasteiger partial charge is 0.458 e. The molecule has 4 nitrogen and oxygen atoms in total. The molecule has 0 spiro atoms. The van der Waals surface area contributed by atoms with Crippen molar-refractivity contribution in [3.8, 4) is 0 Å². The first-order valence-corrected chi connectivity index (χ1v) is 4.22. The lowest BCUT2D eigenvalue weighted by Crippen LogP contribution is -1.97. The van der Waals surface area contributed by atoms with E-state index >= 15 is 0 Å². The first-order valence-electron chi connectivity index (χ1n) is 4.22. The van der Waals surface area contributed by atoms with Gasteiger partial charge in [-0.3, -0.25) is 9.78 Å². The number of carbonyl (C=O) groups excluding carboxylic acids is 1. The lowest BCUT2D eigenvalue weighted by atomic mass is 10.4. The highest BCUT2D eigenvalue weighted by Gasteiger charge is 2.04. The standard InChI is InChI=1S/C10H9NO3/c1-7(12)13-6-8-5-9-10(14-8)3-2-4-11-9/h2-5H,6H2,1H3. The summed E-state index contributed by atoms with van der Waals surface area (Å²) < 4.78 is 10.2. The maximum Gasteiger partial charge on any atom is 0.303 e. The molecule has 0 aliphatic rings. The van der Waals surface area contributed by atoms with Gasteiger partial charge in [0.1, 0.15) is 17.9 Å². The summed E-state index contributed by atoms with van der Waals surface area (Å²) in [6.45, 7) is 1.52. The highest BCUT2D eigenvalue weighted by molar-refractivity contribution is 5.72. The fourth-order valence-electron chi connectivity index (χ4n) is 1.16. The number of furan rings is 1. The van der Waals surface area contributed by atoms with E-state index in [0.29, 0.717) is 11.3 Å². The summed E-state index contributed by atoms with van der Waals surface area (Å²) in [5.41, 5.74) is 1.48. The number of esters is 1. The molecule has 0 saturated carbocycles. The van der Waals surface area contributed by atoms with Gasteiger partial charge in [0.15, 0.2) is 5.58 Å². The molecule has 2 heterocycles. The number of rotatable bonds is 2. The van der Waals surface area contributed by atoms with Crippen LogP contribution in [-0.2, 0) is 16.1 Å². The number of ether oxygens (including phenoxy) is 1. The van der Waals surface area contributed by atoms with Crippen LogP contribution in [0.25, 0.3) is 11.1 Å². The third-order valence-corrected chi connectivity index (χ3v) is 1.76. The van der Waals surface area contributed by atoms with Gasteiger partial charge in [0.2, 0.25) is 0 Å². The van der Waals surface area contributed by atoms with Gasteiger partial charge in [-0.2, -0.15) is 0 Å². The minimum Gasteiger partial charge on any atom is -0.458 e. The Morgan fingerprint density at radius 1 is 1.64 bits per heavy atom. The maximum absolute atomic E-state index is 10.6. The molecule has 14 heavy (non-hydrogen) atoms. The van der Waals surface area contributed by atoms with Crippen molar-refractivity contribution in [2.24, 2.45) is 0 Å². The summed E-state index contributed by atoms with van der Waals surface area (Å²) in [6, 6.07) is 5.37. The van der Waals surface area contributed by atoms with Gasteiger partial charge < -0.3 is 9.15 Å². The first-order chi connectivity index (χ1) is 6.75. The Hall–Kier alpha value is -1.84. The van der Waals surface area contributed by atoms with E-state index in [1.165, 1.54) is 6.92 Å². The van der Waals surface area contributed by atoms with Crippen LogP contribution in [0.5, 0.6) is 0 Å². The minimum absolute atomic E-state index is 0.158. The van der Waals surface area contributed by atoms with Crippen LogP contribution in [0.15, 0.2) is 28.8 Å². The summed E-state index contributed by atoms with van der Waals surface area (Å²) in [7, 11) is 0. The van der Waals surface area contributed by atoms with Crippen molar-refractivity contribution in [1.82, 2.24) is 4.98 Å². The zero-order valence-electron chi connectivity index (χ0n) is 7.69. The van der Waals surface area contributed by atoms with Gasteiger partial charge in [0.05, 0.1) is 0 Å². The molecule has 0 atom stereocenters. The molecular formula is C10H9NO3. The van der Waals surface area contributed by atoms with Gasteiger partial charge in [-0.15, -0.1) is 0 Å². The second kappa shape index (κ2) is 3.49. The van der Waals surface area contributed by atoms with E-state index in [2.05, 4.69) is 4.98 Å². The molecule has 0 bridgehead atoms. The Bertz CT molecular complexity index is 428. The topological polar surface area (TPSA) is 52.3 Å². The molecule has 0 radical (unpaired) electrons. The number of fused-ring (bicyclic) bond motifs is 1. The van der Waals surface area contributed by atoms with E-state index in [1.807, 2.05) is 6.07 Å². The molecule has 0 N–H and O–H groups in total. The maximum atomic E-state index is 10.6. The Morgan fingerprint density at radius 3 is 3.21 bits per heavy atom. The normalized spacial score (nSPS) is 10.4. The van der Waals surface area contributed by atoms with Crippen molar-refractivity contribution in [3.05, 3.63) is 30.2 Å². The van der Waals surface area contributed by atoms with Crippen molar-refractivity contribution in [3.63, 3.8) is 0 Å². The molecule has 72 valence electrons. The van der Waals surface area contributed by atoms with Gasteiger partial charge in [-0.1, -0.05) is 0 Å². The van der Waals surface area contributed by atoms with Crippen molar-refractivity contribution in [2.75, 3.05) is 0 Å². The summed E-state index contributed by atoms with van der Waals surface area (Å²) in [4.78, 5) is 14.6. The fraction of sp³-hybridized carbons (Fsp3) is 0.200. The van der Waals surface area contributed by atoms with Crippen LogP contribution in [0.1, 0.15) is 12.7 Å². The summed E-state index contributed by atoms with van der Waals surface area (Å²) in [5.74, 6) is 0.285. The zero-order chi connectivity index (χ0) is 9.97. The van der Waals surface area contributed by atoms with Crippen molar-refractivity contribution in [2.45, 2.75) is 13.5 Å². The van der Waals surface area contributed by atoms with Gasteiger partial charge in [-0.05, 0) is 12.1 Å². The average molecular weight is 191 g/mol. The Morgan fingerprint density at radius 2 is 2.50 bits per heavy atom. The minimum atomic E-state index is -0.321. The zero-order valence-corrected chi connectivity index (χ0v) is 7.69. The van der Waals surface area contributed by atoms with E-state index in [9.17, 15) is 4.79 Å². The number of carbonyl (C=O) groups is 1. The first kappa shape index (κ1) is 8.74. The van der Waals surface area contributed by atoms with Crippen LogP contribution in [0, 0.1) is 0 Å². The molecule has 0 unspecified atom stereocenters. The van der Waals surface area contributed by atoms with E-state index in [4.69, 9.17) is 9.15 Å². The summed E-state index contributed by atoms with van der Waals surface area (Å²) in [6.07, 6.45) is 1.69. The van der Waals surface area contributed by atoms with Gasteiger partial charge >= 0.3 is 5.97 Å². The molecule has 2 aromatic heterocycles. The van der Waals surface area contributed by atoms with Crippen LogP contribution >= 0.6 is 0 Å². The van der Waals surface area contributed by atoms with Gasteiger partial charge in [0, 0.05) is 19.2 Å². The van der Waals surface area contributed by atoms with E-state index in [1.54, 1.807) is 18.3 Å². The second-order valence-electron chi connectivity index (χ2n) is 2.88. The molecule has 2 rings (SSSR count). The van der Waals surface area contributed by atoms with Crippen LogP contribution in [-0.4, -0.2) is 11.0 Å². The molecule has 0 amide bonds. The number of nitrogens with zero attached hydrogens (tertiary/aromatic N) is 1. The molecule has 0 saturated heterocycles. The highest BCUT2D eigenvalue weighted by atomic mass is 16.5. The van der Waals surface area contributed by atoms with Crippen LogP contribution < -0.4 is 0 Å². The number of hydrogen-bond donors (Lipinski definition) is 0. The SMILES string of the molecule is CC(=O)OCc1cc2ncccc2o1.